The van der Waals surface area contributed by atoms with Gasteiger partial charge in [0.25, 0.3) is 5.91 Å². The number of hydrogen-bond acceptors (Lipinski definition) is 6. The normalized spacial score (nSPS) is 13.3. The van der Waals surface area contributed by atoms with E-state index in [0.29, 0.717) is 35.0 Å². The summed E-state index contributed by atoms with van der Waals surface area (Å²) in [6, 6.07) is 19.5. The summed E-state index contributed by atoms with van der Waals surface area (Å²) in [5.41, 5.74) is 8.04. The fraction of sp³-hybridized carbons (Fsp3) is 0.281. The van der Waals surface area contributed by atoms with Crippen molar-refractivity contribution in [3.63, 3.8) is 0 Å². The molecular weight excluding hydrogens is 522 g/mol. The zero-order valence-electron chi connectivity index (χ0n) is 23.4. The minimum Gasteiger partial charge on any atom is -0.497 e. The average molecular weight is 558 g/mol. The first-order valence-electron chi connectivity index (χ1n) is 13.5. The highest BCUT2D eigenvalue weighted by Crippen LogP contribution is 2.31. The van der Waals surface area contributed by atoms with E-state index >= 15 is 0 Å². The number of nitrogens with two attached hydrogens (primary N) is 1. The molecule has 0 aliphatic carbocycles. The van der Waals surface area contributed by atoms with Crippen LogP contribution in [0, 0.1) is 0 Å². The average Bonchev–Trinajstić information content (AvgIpc) is 2.99. The summed E-state index contributed by atoms with van der Waals surface area (Å²) in [6.07, 6.45) is 5.64. The molecule has 1 aliphatic heterocycles. The Labute approximate surface area is 239 Å². The molecule has 0 saturated carbocycles. The number of nitrogens with one attached hydrogen (secondary N) is 1. The van der Waals surface area contributed by atoms with E-state index in [1.54, 1.807) is 20.3 Å². The number of methoxy groups -OCH3 is 2. The first-order chi connectivity index (χ1) is 19.8. The lowest BCUT2D eigenvalue weighted by molar-refractivity contribution is -0.125. The molecular formula is C32H35N3O6. The van der Waals surface area contributed by atoms with Crippen molar-refractivity contribution in [3.8, 4) is 23.0 Å². The van der Waals surface area contributed by atoms with Crippen LogP contribution in [0.5, 0.6) is 23.0 Å². The fourth-order valence-electron chi connectivity index (χ4n) is 4.62. The Morgan fingerprint density at radius 2 is 1.41 bits per heavy atom. The number of nitrogens with zero attached hydrogens (tertiary/aromatic N) is 1. The van der Waals surface area contributed by atoms with Gasteiger partial charge in [-0.2, -0.15) is 0 Å². The van der Waals surface area contributed by atoms with Crippen molar-refractivity contribution in [2.75, 3.05) is 27.3 Å². The molecule has 0 bridgehead atoms. The largest absolute Gasteiger partial charge is 0.497 e. The molecule has 41 heavy (non-hydrogen) atoms. The third-order valence-corrected chi connectivity index (χ3v) is 6.79. The predicted molar refractivity (Wildman–Crippen MR) is 157 cm³/mol. The van der Waals surface area contributed by atoms with Gasteiger partial charge in [0.15, 0.2) is 0 Å². The molecule has 0 aromatic heterocycles. The number of carbonyl (C=O) groups excluding carboxylic acids is 3. The van der Waals surface area contributed by atoms with Crippen LogP contribution in [-0.4, -0.2) is 50.1 Å². The Morgan fingerprint density at radius 1 is 0.829 bits per heavy atom. The lowest BCUT2D eigenvalue weighted by Gasteiger charge is -2.28. The molecule has 0 radical (unpaired) electrons. The Bertz CT molecular complexity index is 1370. The molecule has 3 aromatic carbocycles. The van der Waals surface area contributed by atoms with Crippen LogP contribution in [0.1, 0.15) is 42.4 Å². The highest BCUT2D eigenvalue weighted by Gasteiger charge is 2.22. The van der Waals surface area contributed by atoms with Gasteiger partial charge in [0, 0.05) is 31.1 Å². The molecule has 3 aromatic rings. The van der Waals surface area contributed by atoms with Gasteiger partial charge in [-0.05, 0) is 84.8 Å². The quantitative estimate of drug-likeness (QED) is 0.262. The first kappa shape index (κ1) is 29.2. The van der Waals surface area contributed by atoms with Gasteiger partial charge in [0.2, 0.25) is 5.91 Å². The zero-order chi connectivity index (χ0) is 29.2. The van der Waals surface area contributed by atoms with Crippen molar-refractivity contribution in [3.05, 3.63) is 83.4 Å². The maximum Gasteiger partial charge on any atom is 0.318 e. The number of ether oxygens (including phenoxy) is 3. The summed E-state index contributed by atoms with van der Waals surface area (Å²) < 4.78 is 16.9. The molecule has 4 amide bonds. The van der Waals surface area contributed by atoms with Crippen LogP contribution in [0.3, 0.4) is 0 Å². The summed E-state index contributed by atoms with van der Waals surface area (Å²) in [5.74, 6) is 2.07. The van der Waals surface area contributed by atoms with Crippen LogP contribution in [0.2, 0.25) is 0 Å². The van der Waals surface area contributed by atoms with Gasteiger partial charge in [-0.15, -0.1) is 0 Å². The number of piperidine rings is 1. The monoisotopic (exact) mass is 557 g/mol. The van der Waals surface area contributed by atoms with Gasteiger partial charge >= 0.3 is 6.03 Å². The summed E-state index contributed by atoms with van der Waals surface area (Å²) in [7, 11) is 3.18. The molecule has 9 nitrogen and oxygen atoms in total. The van der Waals surface area contributed by atoms with Crippen LogP contribution in [0.25, 0.3) is 11.6 Å². The maximum atomic E-state index is 13.7. The highest BCUT2D eigenvalue weighted by molar-refractivity contribution is 6.24. The van der Waals surface area contributed by atoms with E-state index in [1.807, 2.05) is 71.6 Å². The molecule has 4 rings (SSSR count). The Morgan fingerprint density at radius 3 is 1.98 bits per heavy atom. The number of imide groups is 1. The summed E-state index contributed by atoms with van der Waals surface area (Å²) in [4.78, 5) is 38.0. The van der Waals surface area contributed by atoms with Crippen molar-refractivity contribution in [2.45, 2.75) is 32.1 Å². The van der Waals surface area contributed by atoms with Crippen molar-refractivity contribution < 1.29 is 28.6 Å². The Balaban J connectivity index is 1.50. The van der Waals surface area contributed by atoms with Gasteiger partial charge in [0.05, 0.1) is 14.2 Å². The number of primary amides is 1. The number of benzene rings is 3. The maximum absolute atomic E-state index is 13.7. The number of rotatable bonds is 10. The van der Waals surface area contributed by atoms with E-state index in [9.17, 15) is 14.4 Å². The number of carbonyl (C=O) groups is 3. The Hall–Kier alpha value is -4.79. The lowest BCUT2D eigenvalue weighted by Crippen LogP contribution is -2.36. The summed E-state index contributed by atoms with van der Waals surface area (Å²) >= 11 is 0. The van der Waals surface area contributed by atoms with Crippen LogP contribution < -0.4 is 25.3 Å². The minimum absolute atomic E-state index is 0.0208. The number of urea groups is 1. The highest BCUT2D eigenvalue weighted by atomic mass is 16.5. The van der Waals surface area contributed by atoms with E-state index in [1.165, 1.54) is 0 Å². The van der Waals surface area contributed by atoms with Crippen molar-refractivity contribution >= 4 is 29.5 Å². The van der Waals surface area contributed by atoms with E-state index < -0.39 is 11.9 Å². The molecule has 0 unspecified atom stereocenters. The lowest BCUT2D eigenvalue weighted by atomic mass is 9.99. The van der Waals surface area contributed by atoms with Crippen LogP contribution in [-0.2, 0) is 16.0 Å². The van der Waals surface area contributed by atoms with E-state index in [2.05, 4.69) is 5.32 Å². The second kappa shape index (κ2) is 14.0. The van der Waals surface area contributed by atoms with Gasteiger partial charge in [0.1, 0.15) is 23.0 Å². The second-order valence-corrected chi connectivity index (χ2v) is 9.74. The van der Waals surface area contributed by atoms with Crippen molar-refractivity contribution in [1.82, 2.24) is 10.2 Å². The van der Waals surface area contributed by atoms with E-state index in [4.69, 9.17) is 19.9 Å². The molecule has 9 heteroatoms. The zero-order valence-corrected chi connectivity index (χ0v) is 23.4. The number of likely N-dealkylation sites (tertiary alicyclic amines) is 1. The predicted octanol–water partition coefficient (Wildman–Crippen LogP) is 5.18. The van der Waals surface area contributed by atoms with Gasteiger partial charge in [-0.1, -0.05) is 24.3 Å². The van der Waals surface area contributed by atoms with Crippen molar-refractivity contribution in [1.29, 1.82) is 0 Å². The topological polar surface area (TPSA) is 120 Å². The molecule has 3 N–H and O–H groups in total. The third-order valence-electron chi connectivity index (χ3n) is 6.79. The van der Waals surface area contributed by atoms with Crippen molar-refractivity contribution in [2.24, 2.45) is 5.73 Å². The molecule has 0 spiro atoms. The number of hydrogen-bond donors (Lipinski definition) is 2. The van der Waals surface area contributed by atoms with Crippen LogP contribution in [0.15, 0.2) is 66.7 Å². The van der Waals surface area contributed by atoms with Gasteiger partial charge in [-0.25, -0.2) is 4.79 Å². The van der Waals surface area contributed by atoms with E-state index in [-0.39, 0.29) is 12.3 Å². The van der Waals surface area contributed by atoms with Crippen LogP contribution in [0.4, 0.5) is 4.79 Å². The third kappa shape index (κ3) is 8.35. The number of amides is 4. The summed E-state index contributed by atoms with van der Waals surface area (Å²) in [6.45, 7) is 1.48. The molecule has 1 saturated heterocycles. The first-order valence-corrected chi connectivity index (χ1v) is 13.5. The second-order valence-electron chi connectivity index (χ2n) is 9.74. The molecule has 0 atom stereocenters. The van der Waals surface area contributed by atoms with Gasteiger partial charge < -0.3 is 24.8 Å². The molecule has 1 aliphatic rings. The SMILES string of the molecule is COc1cc(OC)cc(C(=Cc2ccc(Oc3ccc(CCC(=O)NC(N)=O)cc3)cc2)C(=O)N2CCCCC2)c1. The standard InChI is InChI=1S/C32H35N3O6/c1-39-27-19-24(20-28(21-27)40-2)29(31(37)35-16-4-3-5-17-35)18-23-8-13-26(14-9-23)41-25-11-6-22(7-12-25)10-15-30(36)34-32(33)38/h6-9,11-14,18-21H,3-5,10,15-17H2,1-2H3,(H3,33,34,36,38). The fourth-order valence-corrected chi connectivity index (χ4v) is 4.62. The summed E-state index contributed by atoms with van der Waals surface area (Å²) in [5, 5.41) is 2.05. The molecule has 1 fully saturated rings. The van der Waals surface area contributed by atoms with E-state index in [0.717, 1.165) is 49.0 Å². The Kier molecular flexibility index (Phi) is 9.99. The smallest absolute Gasteiger partial charge is 0.318 e. The molecule has 1 heterocycles. The van der Waals surface area contributed by atoms with Crippen LogP contribution >= 0.6 is 0 Å². The van der Waals surface area contributed by atoms with Gasteiger partial charge in [-0.3, -0.25) is 14.9 Å². The molecule has 214 valence electrons. The minimum atomic E-state index is -0.856. The number of aryl methyl sites for hydroxylation is 1.